The molecule has 0 unspecified atom stereocenters. The van der Waals surface area contributed by atoms with Gasteiger partial charge in [-0.05, 0) is 89.5 Å². The van der Waals surface area contributed by atoms with Crippen LogP contribution in [0.25, 0.3) is 0 Å². The highest BCUT2D eigenvalue weighted by atomic mass is 32.2. The lowest BCUT2D eigenvalue weighted by Crippen LogP contribution is -2.46. The largest absolute Gasteiger partial charge is 0.241 e. The second-order valence-corrected chi connectivity index (χ2v) is 14.9. The second kappa shape index (κ2) is 11.9. The summed E-state index contributed by atoms with van der Waals surface area (Å²) in [6, 6.07) is 13.9. The molecule has 0 saturated carbocycles. The van der Waals surface area contributed by atoms with Crippen LogP contribution in [0.15, 0.2) is 82.6 Å². The summed E-state index contributed by atoms with van der Waals surface area (Å²) in [4.78, 5) is 0.650. The van der Waals surface area contributed by atoms with E-state index >= 15 is 0 Å². The monoisotopic (exact) mass is 558 g/mol. The van der Waals surface area contributed by atoms with E-state index in [-0.39, 0.29) is 0 Å². The average molecular weight is 559 g/mol. The molecule has 2 aromatic rings. The van der Waals surface area contributed by atoms with Crippen LogP contribution in [0.4, 0.5) is 0 Å². The summed E-state index contributed by atoms with van der Waals surface area (Å²) in [6.45, 7) is 12.0. The van der Waals surface area contributed by atoms with Crippen molar-refractivity contribution in [3.63, 3.8) is 0 Å². The van der Waals surface area contributed by atoms with Crippen molar-refractivity contribution >= 4 is 20.0 Å². The summed E-state index contributed by atoms with van der Waals surface area (Å²) >= 11 is 0. The van der Waals surface area contributed by atoms with Crippen LogP contribution in [-0.4, -0.2) is 27.9 Å². The summed E-state index contributed by atoms with van der Waals surface area (Å²) < 4.78 is 55.2. The maximum absolute atomic E-state index is 12.4. The van der Waals surface area contributed by atoms with Crippen molar-refractivity contribution in [2.24, 2.45) is 11.8 Å². The van der Waals surface area contributed by atoms with Crippen LogP contribution >= 0.6 is 0 Å². The van der Waals surface area contributed by atoms with Crippen LogP contribution in [0.5, 0.6) is 0 Å². The standard InChI is InChI=1S/2C15H21NO2S/c2*1-12-6-8-14(9-7-12)19(17,18)16-15(3)10-4-5-13(2)11-15/h2*4,6-10,13,16H,5,11H2,1-3H3/t2*13-,15+/m00/s1. The van der Waals surface area contributed by atoms with Gasteiger partial charge in [-0.25, -0.2) is 26.3 Å². The Kier molecular flexibility index (Phi) is 9.45. The lowest BCUT2D eigenvalue weighted by molar-refractivity contribution is 0.367. The lowest BCUT2D eigenvalue weighted by atomic mass is 9.84. The Hall–Kier alpha value is -2.26. The van der Waals surface area contributed by atoms with Gasteiger partial charge in [-0.1, -0.05) is 73.5 Å². The van der Waals surface area contributed by atoms with Crippen molar-refractivity contribution in [3.05, 3.63) is 84.0 Å². The number of rotatable bonds is 6. The highest BCUT2D eigenvalue weighted by Crippen LogP contribution is 2.29. The molecule has 2 aromatic carbocycles. The summed E-state index contributed by atoms with van der Waals surface area (Å²) in [7, 11) is -6.92. The summed E-state index contributed by atoms with van der Waals surface area (Å²) in [5.74, 6) is 0.992. The molecule has 0 aromatic heterocycles. The fourth-order valence-electron chi connectivity index (χ4n) is 5.19. The van der Waals surface area contributed by atoms with Crippen molar-refractivity contribution in [3.8, 4) is 0 Å². The third-order valence-corrected chi connectivity index (χ3v) is 10.2. The Bertz CT molecular complexity index is 1260. The average Bonchev–Trinajstić information content (AvgIpc) is 2.78. The molecule has 0 amide bonds. The summed E-state index contributed by atoms with van der Waals surface area (Å²) in [5, 5.41) is 0. The number of aryl methyl sites for hydroxylation is 2. The molecule has 2 N–H and O–H groups in total. The van der Waals surface area contributed by atoms with Crippen LogP contribution < -0.4 is 9.44 Å². The van der Waals surface area contributed by atoms with Crippen molar-refractivity contribution < 1.29 is 16.8 Å². The molecule has 6 nitrogen and oxygen atoms in total. The van der Waals surface area contributed by atoms with E-state index in [0.717, 1.165) is 36.8 Å². The van der Waals surface area contributed by atoms with Crippen LogP contribution in [0.1, 0.15) is 64.5 Å². The van der Waals surface area contributed by atoms with E-state index < -0.39 is 31.1 Å². The Labute approximate surface area is 229 Å². The molecule has 2 aliphatic rings. The molecule has 208 valence electrons. The maximum Gasteiger partial charge on any atom is 0.241 e. The molecule has 0 aliphatic heterocycles. The highest BCUT2D eigenvalue weighted by molar-refractivity contribution is 7.89. The summed E-state index contributed by atoms with van der Waals surface area (Å²) in [6.07, 6.45) is 11.8. The number of hydrogen-bond acceptors (Lipinski definition) is 4. The normalized spacial score (nSPS) is 27.4. The minimum Gasteiger partial charge on any atom is -0.207 e. The van der Waals surface area contributed by atoms with Gasteiger partial charge in [-0.3, -0.25) is 0 Å². The zero-order valence-electron chi connectivity index (χ0n) is 23.4. The first-order valence-corrected chi connectivity index (χ1v) is 16.1. The Balaban J connectivity index is 0.000000211. The van der Waals surface area contributed by atoms with E-state index in [9.17, 15) is 16.8 Å². The Morgan fingerprint density at radius 1 is 0.632 bits per heavy atom. The molecule has 8 heteroatoms. The predicted octanol–water partition coefficient (Wildman–Crippen LogP) is 6.04. The molecule has 4 atom stereocenters. The SMILES string of the molecule is Cc1ccc(S(=O)(=O)N[C@]2(C)C=CC[C@H](C)C2)cc1.Cc1ccc(S(=O)(=O)N[C@]2(C)C=CC[C@H](C)C2)cc1. The van der Waals surface area contributed by atoms with Gasteiger partial charge in [0.1, 0.15) is 0 Å². The zero-order chi connectivity index (χ0) is 28.2. The molecular weight excluding hydrogens is 516 g/mol. The molecule has 0 heterocycles. The number of sulfonamides is 2. The molecule has 38 heavy (non-hydrogen) atoms. The molecule has 0 bridgehead atoms. The maximum atomic E-state index is 12.4. The minimum absolute atomic E-state index is 0.325. The predicted molar refractivity (Wildman–Crippen MR) is 155 cm³/mol. The van der Waals surface area contributed by atoms with E-state index in [2.05, 4.69) is 35.4 Å². The molecule has 0 fully saturated rings. The van der Waals surface area contributed by atoms with E-state index in [1.165, 1.54) is 0 Å². The smallest absolute Gasteiger partial charge is 0.207 e. The molecule has 4 rings (SSSR count). The van der Waals surface area contributed by atoms with Gasteiger partial charge in [-0.15, -0.1) is 0 Å². The first kappa shape index (κ1) is 30.3. The zero-order valence-corrected chi connectivity index (χ0v) is 25.0. The van der Waals surface area contributed by atoms with Crippen LogP contribution in [0.2, 0.25) is 0 Å². The van der Waals surface area contributed by atoms with Gasteiger partial charge < -0.3 is 0 Å². The van der Waals surface area contributed by atoms with E-state index in [4.69, 9.17) is 0 Å². The Morgan fingerprint density at radius 3 is 1.24 bits per heavy atom. The third kappa shape index (κ3) is 8.37. The van der Waals surface area contributed by atoms with E-state index in [1.54, 1.807) is 24.3 Å². The van der Waals surface area contributed by atoms with Crippen molar-refractivity contribution in [2.75, 3.05) is 0 Å². The number of hydrogen-bond donors (Lipinski definition) is 2. The fraction of sp³-hybridized carbons (Fsp3) is 0.467. The van der Waals surface area contributed by atoms with Gasteiger partial charge >= 0.3 is 0 Å². The molecule has 0 saturated heterocycles. The van der Waals surface area contributed by atoms with Crippen molar-refractivity contribution in [1.82, 2.24) is 9.44 Å². The van der Waals surface area contributed by atoms with Crippen molar-refractivity contribution in [2.45, 2.75) is 88.1 Å². The minimum atomic E-state index is -3.46. The Morgan fingerprint density at radius 2 is 0.947 bits per heavy atom. The van der Waals surface area contributed by atoms with Gasteiger partial charge in [-0.2, -0.15) is 0 Å². The highest BCUT2D eigenvalue weighted by Gasteiger charge is 2.32. The first-order valence-electron chi connectivity index (χ1n) is 13.2. The van der Waals surface area contributed by atoms with Crippen LogP contribution in [0, 0.1) is 25.7 Å². The second-order valence-electron chi connectivity index (χ2n) is 11.6. The van der Waals surface area contributed by atoms with Gasteiger partial charge in [0.15, 0.2) is 0 Å². The van der Waals surface area contributed by atoms with Gasteiger partial charge in [0, 0.05) is 11.1 Å². The van der Waals surface area contributed by atoms with Crippen molar-refractivity contribution in [1.29, 1.82) is 0 Å². The number of allylic oxidation sites excluding steroid dienone is 2. The van der Waals surface area contributed by atoms with Crippen LogP contribution in [-0.2, 0) is 20.0 Å². The quantitative estimate of drug-likeness (QED) is 0.423. The van der Waals surface area contributed by atoms with Crippen LogP contribution in [0.3, 0.4) is 0 Å². The summed E-state index contributed by atoms with van der Waals surface area (Å²) in [5.41, 5.74) is 1.13. The van der Waals surface area contributed by atoms with Gasteiger partial charge in [0.05, 0.1) is 9.79 Å². The number of nitrogens with one attached hydrogen (secondary N) is 2. The lowest BCUT2D eigenvalue weighted by Gasteiger charge is -2.33. The third-order valence-electron chi connectivity index (χ3n) is 6.99. The molecule has 2 aliphatic carbocycles. The molecule has 0 spiro atoms. The molecular formula is C30H42N2O4S2. The fourth-order valence-corrected chi connectivity index (χ4v) is 7.94. The topological polar surface area (TPSA) is 92.3 Å². The first-order chi connectivity index (χ1) is 17.6. The van der Waals surface area contributed by atoms with Gasteiger partial charge in [0.2, 0.25) is 20.0 Å². The van der Waals surface area contributed by atoms with E-state index in [1.807, 2.05) is 64.1 Å². The van der Waals surface area contributed by atoms with E-state index in [0.29, 0.717) is 21.6 Å². The number of benzene rings is 2. The van der Waals surface area contributed by atoms with Gasteiger partial charge in [0.25, 0.3) is 0 Å². The molecule has 0 radical (unpaired) electrons.